The fourth-order valence-corrected chi connectivity index (χ4v) is 11.7. The Hall–Kier alpha value is 1.36. The largest absolute Gasteiger partial charge is 0.206 e. The Morgan fingerprint density at radius 2 is 0.944 bits per heavy atom. The Bertz CT molecular complexity index is 247. The Kier molecular flexibility index (Phi) is 5.10. The Morgan fingerprint density at radius 1 is 0.611 bits per heavy atom. The first kappa shape index (κ1) is 14.3. The molecule has 104 valence electrons. The first-order valence-electron chi connectivity index (χ1n) is 7.29. The zero-order valence-corrected chi connectivity index (χ0v) is 14.1. The van der Waals surface area contributed by atoms with Gasteiger partial charge in [-0.15, -0.1) is 0 Å². The summed E-state index contributed by atoms with van der Waals surface area (Å²) in [7, 11) is -1.19. The zero-order chi connectivity index (χ0) is 12.5. The molecule has 0 aromatic heterocycles. The molecule has 0 N–H and O–H groups in total. The van der Waals surface area contributed by atoms with Gasteiger partial charge in [0, 0.05) is 12.1 Å². The number of hydrogen-bond acceptors (Lipinski definition) is 2. The van der Waals surface area contributed by atoms with Crippen molar-refractivity contribution >= 4 is 37.6 Å². The lowest BCUT2D eigenvalue weighted by Crippen LogP contribution is -2.45. The highest BCUT2D eigenvalue weighted by atomic mass is 35.7. The van der Waals surface area contributed by atoms with Gasteiger partial charge >= 0.3 is 0 Å². The van der Waals surface area contributed by atoms with E-state index in [0.717, 1.165) is 0 Å². The molecule has 0 amide bonds. The second-order valence-electron chi connectivity index (χ2n) is 5.71. The van der Waals surface area contributed by atoms with Crippen molar-refractivity contribution < 1.29 is 0 Å². The molecule has 1 aliphatic heterocycles. The topological polar surface area (TPSA) is 6.48 Å². The van der Waals surface area contributed by atoms with E-state index in [1.807, 2.05) is 0 Å². The van der Waals surface area contributed by atoms with Gasteiger partial charge < -0.3 is 0 Å². The van der Waals surface area contributed by atoms with Crippen LogP contribution in [0.3, 0.4) is 0 Å². The maximum atomic E-state index is 6.69. The third-order valence-corrected chi connectivity index (χ3v) is 12.4. The van der Waals surface area contributed by atoms with Crippen molar-refractivity contribution in [3.8, 4) is 0 Å². The average Bonchev–Trinajstić information content (AvgIpc) is 2.41. The van der Waals surface area contributed by atoms with E-state index in [0.29, 0.717) is 12.1 Å². The Labute approximate surface area is 123 Å². The molecule has 1 heterocycles. The summed E-state index contributed by atoms with van der Waals surface area (Å²) >= 11 is 13.4. The van der Waals surface area contributed by atoms with Gasteiger partial charge in [-0.1, -0.05) is 61.0 Å². The molecule has 0 atom stereocenters. The van der Waals surface area contributed by atoms with E-state index in [4.69, 9.17) is 22.5 Å². The molecule has 3 fully saturated rings. The molecule has 0 aromatic carbocycles. The van der Waals surface area contributed by atoms with Crippen LogP contribution in [0, 0.1) is 0 Å². The summed E-state index contributed by atoms with van der Waals surface area (Å²) in [6, 6.07) is 1.37. The summed E-state index contributed by atoms with van der Waals surface area (Å²) in [6.07, 6.45) is 13.5. The van der Waals surface area contributed by atoms with Crippen molar-refractivity contribution in [1.29, 1.82) is 0 Å². The highest BCUT2D eigenvalue weighted by Gasteiger charge is 2.52. The van der Waals surface area contributed by atoms with Crippen LogP contribution in [-0.4, -0.2) is 21.0 Å². The van der Waals surface area contributed by atoms with E-state index in [-0.39, 0.29) is 0 Å². The lowest BCUT2D eigenvalue weighted by Gasteiger charge is -2.57. The van der Waals surface area contributed by atoms with Crippen LogP contribution in [0.4, 0.5) is 0 Å². The average molecular weight is 327 g/mol. The lowest BCUT2D eigenvalue weighted by atomic mass is 9.96. The van der Waals surface area contributed by atoms with Gasteiger partial charge in [-0.3, -0.25) is 0 Å². The quantitative estimate of drug-likeness (QED) is 0.557. The zero-order valence-electron chi connectivity index (χ0n) is 10.8. The standard InChI is InChI=1S/C12H22Cl2N2P2/c13-17-15(11-7-3-1-4-8-11)18(14)16(17)12-9-5-2-6-10-12/h11-12H,1-10H2. The van der Waals surface area contributed by atoms with Crippen molar-refractivity contribution in [2.45, 2.75) is 76.3 Å². The minimum Gasteiger partial charge on any atom is -0.206 e. The van der Waals surface area contributed by atoms with Gasteiger partial charge in [0.1, 0.15) is 0 Å². The predicted molar refractivity (Wildman–Crippen MR) is 83.0 cm³/mol. The second kappa shape index (κ2) is 6.42. The number of hydrogen-bond donors (Lipinski definition) is 0. The third kappa shape index (κ3) is 2.72. The van der Waals surface area contributed by atoms with Gasteiger partial charge in [-0.25, -0.2) is 8.88 Å². The molecule has 6 heteroatoms. The van der Waals surface area contributed by atoms with Gasteiger partial charge in [0.25, 0.3) is 0 Å². The molecule has 0 spiro atoms. The summed E-state index contributed by atoms with van der Waals surface area (Å²) in [4.78, 5) is 0. The summed E-state index contributed by atoms with van der Waals surface area (Å²) in [6.45, 7) is 0. The molecule has 2 aliphatic carbocycles. The number of nitrogens with zero attached hydrogens (tertiary/aromatic N) is 2. The monoisotopic (exact) mass is 326 g/mol. The molecule has 0 unspecified atom stereocenters. The van der Waals surface area contributed by atoms with Gasteiger partial charge in [0.2, 0.25) is 0 Å². The molecular weight excluding hydrogens is 305 g/mol. The molecule has 2 saturated carbocycles. The summed E-state index contributed by atoms with van der Waals surface area (Å²) in [5.74, 6) is 0. The van der Waals surface area contributed by atoms with E-state index < -0.39 is 15.2 Å². The molecule has 3 aliphatic rings. The Morgan fingerprint density at radius 3 is 1.28 bits per heavy atom. The van der Waals surface area contributed by atoms with Gasteiger partial charge in [0.15, 0.2) is 15.2 Å². The highest BCUT2D eigenvalue weighted by molar-refractivity contribution is 8.05. The Balaban J connectivity index is 1.59. The van der Waals surface area contributed by atoms with Crippen LogP contribution >= 0.6 is 37.6 Å². The molecular formula is C12H22Cl2N2P2. The molecule has 3 rings (SSSR count). The fraction of sp³-hybridized carbons (Fsp3) is 1.00. The summed E-state index contributed by atoms with van der Waals surface area (Å²) in [5, 5.41) is 0. The maximum absolute atomic E-state index is 6.69. The number of halogens is 2. The van der Waals surface area contributed by atoms with Crippen molar-refractivity contribution in [3.05, 3.63) is 0 Å². The minimum atomic E-state index is -0.594. The first-order valence-corrected chi connectivity index (χ1v) is 11.6. The molecule has 2 nitrogen and oxygen atoms in total. The molecule has 0 radical (unpaired) electrons. The van der Waals surface area contributed by atoms with E-state index >= 15 is 0 Å². The van der Waals surface area contributed by atoms with Crippen molar-refractivity contribution in [3.63, 3.8) is 0 Å². The number of rotatable bonds is 2. The van der Waals surface area contributed by atoms with Crippen molar-refractivity contribution in [2.75, 3.05) is 0 Å². The van der Waals surface area contributed by atoms with Crippen LogP contribution in [0.25, 0.3) is 0 Å². The van der Waals surface area contributed by atoms with Gasteiger partial charge in [-0.2, -0.15) is 0 Å². The third-order valence-electron chi connectivity index (χ3n) is 4.48. The van der Waals surface area contributed by atoms with Crippen molar-refractivity contribution in [2.24, 2.45) is 0 Å². The van der Waals surface area contributed by atoms with Crippen LogP contribution in [0.5, 0.6) is 0 Å². The van der Waals surface area contributed by atoms with Crippen LogP contribution < -0.4 is 0 Å². The predicted octanol–water partition coefficient (Wildman–Crippen LogP) is 6.20. The van der Waals surface area contributed by atoms with Crippen LogP contribution in [-0.2, 0) is 0 Å². The molecule has 0 aromatic rings. The second-order valence-corrected chi connectivity index (χ2v) is 10.8. The molecule has 1 saturated heterocycles. The van der Waals surface area contributed by atoms with Crippen LogP contribution in [0.2, 0.25) is 0 Å². The van der Waals surface area contributed by atoms with Crippen LogP contribution in [0.15, 0.2) is 0 Å². The van der Waals surface area contributed by atoms with Gasteiger partial charge in [-0.05, 0) is 25.7 Å². The van der Waals surface area contributed by atoms with Crippen LogP contribution in [0.1, 0.15) is 64.2 Å². The fourth-order valence-electron chi connectivity index (χ4n) is 3.44. The normalized spacial score (nSPS) is 37.7. The van der Waals surface area contributed by atoms with Gasteiger partial charge in [0.05, 0.1) is 0 Å². The maximum Gasteiger partial charge on any atom is 0.152 e. The summed E-state index contributed by atoms with van der Waals surface area (Å²) in [5.41, 5.74) is 0. The minimum absolute atomic E-state index is 0.594. The summed E-state index contributed by atoms with van der Waals surface area (Å²) < 4.78 is 4.95. The molecule has 18 heavy (non-hydrogen) atoms. The molecule has 0 bridgehead atoms. The highest BCUT2D eigenvalue weighted by Crippen LogP contribution is 2.83. The first-order chi connectivity index (χ1) is 8.79. The van der Waals surface area contributed by atoms with E-state index in [9.17, 15) is 0 Å². The van der Waals surface area contributed by atoms with E-state index in [1.165, 1.54) is 64.2 Å². The van der Waals surface area contributed by atoms with E-state index in [2.05, 4.69) is 8.88 Å². The van der Waals surface area contributed by atoms with Crippen molar-refractivity contribution in [1.82, 2.24) is 8.88 Å². The lowest BCUT2D eigenvalue weighted by molar-refractivity contribution is 0.287. The van der Waals surface area contributed by atoms with E-state index in [1.54, 1.807) is 0 Å². The SMILES string of the molecule is ClP1N(C2CCCCC2)P(Cl)N1C1CCCCC1. The smallest absolute Gasteiger partial charge is 0.152 e.